The van der Waals surface area contributed by atoms with Crippen LogP contribution in [0, 0.1) is 11.8 Å². The molecule has 3 unspecified atom stereocenters. The molecule has 2 rings (SSSR count). The van der Waals surface area contributed by atoms with Crippen LogP contribution < -0.4 is 0 Å². The number of rotatable bonds is 4. The maximum Gasteiger partial charge on any atom is 0.410 e. The topological polar surface area (TPSA) is 38.8 Å². The van der Waals surface area contributed by atoms with Crippen molar-refractivity contribution in [1.29, 1.82) is 0 Å². The molecule has 0 bridgehead atoms. The molecule has 0 aromatic heterocycles. The van der Waals surface area contributed by atoms with Crippen molar-refractivity contribution in [3.63, 3.8) is 0 Å². The molecule has 1 aliphatic carbocycles. The van der Waals surface area contributed by atoms with E-state index in [0.717, 1.165) is 19.1 Å². The van der Waals surface area contributed by atoms with Gasteiger partial charge in [-0.05, 0) is 32.6 Å². The molecule has 1 amide bonds. The average Bonchev–Trinajstić information content (AvgIpc) is 2.63. The SMILES string of the molecule is CC(COC1CN(C(=O)OC(C)(C)C)CC1I)C1CCC1. The molecule has 1 aliphatic heterocycles. The molecule has 0 aromatic carbocycles. The van der Waals surface area contributed by atoms with Crippen LogP contribution in [0.25, 0.3) is 0 Å². The van der Waals surface area contributed by atoms with Crippen LogP contribution in [0.2, 0.25) is 0 Å². The highest BCUT2D eigenvalue weighted by Crippen LogP contribution is 2.34. The maximum absolute atomic E-state index is 12.1. The number of carbonyl (C=O) groups is 1. The molecule has 1 saturated heterocycles. The lowest BCUT2D eigenvalue weighted by Gasteiger charge is -2.32. The second-order valence-electron chi connectivity index (χ2n) is 7.44. The summed E-state index contributed by atoms with van der Waals surface area (Å²) in [5.74, 6) is 1.49. The maximum atomic E-state index is 12.1. The third-order valence-electron chi connectivity index (χ3n) is 4.38. The molecular weight excluding hydrogens is 381 g/mol. The van der Waals surface area contributed by atoms with E-state index >= 15 is 0 Å². The lowest BCUT2D eigenvalue weighted by Crippen LogP contribution is -2.36. The van der Waals surface area contributed by atoms with E-state index in [1.165, 1.54) is 19.3 Å². The zero-order valence-electron chi connectivity index (χ0n) is 13.6. The average molecular weight is 409 g/mol. The zero-order valence-corrected chi connectivity index (χ0v) is 15.8. The molecule has 0 radical (unpaired) electrons. The molecule has 5 heteroatoms. The van der Waals surface area contributed by atoms with E-state index < -0.39 is 5.60 Å². The fourth-order valence-electron chi connectivity index (χ4n) is 2.79. The number of halogens is 1. The van der Waals surface area contributed by atoms with Gasteiger partial charge in [0.05, 0.1) is 16.6 Å². The first-order valence-corrected chi connectivity index (χ1v) is 9.24. The Morgan fingerprint density at radius 2 is 2.00 bits per heavy atom. The fourth-order valence-corrected chi connectivity index (χ4v) is 3.70. The van der Waals surface area contributed by atoms with Gasteiger partial charge < -0.3 is 14.4 Å². The third kappa shape index (κ3) is 4.98. The Bertz CT molecular complexity index is 365. The summed E-state index contributed by atoms with van der Waals surface area (Å²) >= 11 is 2.39. The van der Waals surface area contributed by atoms with Gasteiger partial charge in [-0.2, -0.15) is 0 Å². The van der Waals surface area contributed by atoms with E-state index in [-0.39, 0.29) is 12.2 Å². The Morgan fingerprint density at radius 3 is 2.52 bits per heavy atom. The molecule has 0 aromatic rings. The number of alkyl halides is 1. The van der Waals surface area contributed by atoms with Crippen LogP contribution in [0.3, 0.4) is 0 Å². The van der Waals surface area contributed by atoms with Gasteiger partial charge in [-0.3, -0.25) is 0 Å². The number of hydrogen-bond acceptors (Lipinski definition) is 3. The highest BCUT2D eigenvalue weighted by molar-refractivity contribution is 14.1. The van der Waals surface area contributed by atoms with Crippen molar-refractivity contribution < 1.29 is 14.3 Å². The summed E-state index contributed by atoms with van der Waals surface area (Å²) in [6, 6.07) is 0. The van der Waals surface area contributed by atoms with Crippen LogP contribution in [-0.2, 0) is 9.47 Å². The fraction of sp³-hybridized carbons (Fsp3) is 0.938. The molecular formula is C16H28INO3. The van der Waals surface area contributed by atoms with Gasteiger partial charge in [-0.25, -0.2) is 4.79 Å². The molecule has 4 nitrogen and oxygen atoms in total. The predicted octanol–water partition coefficient (Wildman–Crippen LogP) is 3.86. The van der Waals surface area contributed by atoms with Crippen molar-refractivity contribution in [1.82, 2.24) is 4.90 Å². The van der Waals surface area contributed by atoms with Gasteiger partial charge in [-0.1, -0.05) is 48.8 Å². The summed E-state index contributed by atoms with van der Waals surface area (Å²) in [6.45, 7) is 10.2. The molecule has 3 atom stereocenters. The summed E-state index contributed by atoms with van der Waals surface area (Å²) < 4.78 is 11.9. The number of carbonyl (C=O) groups excluding carboxylic acids is 1. The lowest BCUT2D eigenvalue weighted by molar-refractivity contribution is 0.00693. The summed E-state index contributed by atoms with van der Waals surface area (Å²) in [5.41, 5.74) is -0.435. The minimum atomic E-state index is -0.435. The van der Waals surface area contributed by atoms with Crippen LogP contribution in [-0.4, -0.2) is 46.3 Å². The monoisotopic (exact) mass is 409 g/mol. The van der Waals surface area contributed by atoms with E-state index in [4.69, 9.17) is 9.47 Å². The van der Waals surface area contributed by atoms with E-state index in [0.29, 0.717) is 16.4 Å². The van der Waals surface area contributed by atoms with E-state index in [9.17, 15) is 4.79 Å². The number of hydrogen-bond donors (Lipinski definition) is 0. The summed E-state index contributed by atoms with van der Waals surface area (Å²) in [7, 11) is 0. The first-order chi connectivity index (χ1) is 9.76. The molecule has 122 valence electrons. The summed E-state index contributed by atoms with van der Waals surface area (Å²) in [6.07, 6.45) is 4.00. The first kappa shape index (κ1) is 17.3. The smallest absolute Gasteiger partial charge is 0.410 e. The predicted molar refractivity (Wildman–Crippen MR) is 91.9 cm³/mol. The number of amides is 1. The van der Waals surface area contributed by atoms with Gasteiger partial charge in [0, 0.05) is 13.2 Å². The highest BCUT2D eigenvalue weighted by Gasteiger charge is 2.37. The van der Waals surface area contributed by atoms with Gasteiger partial charge in [0.1, 0.15) is 5.60 Å². The zero-order chi connectivity index (χ0) is 15.6. The molecule has 1 heterocycles. The highest BCUT2D eigenvalue weighted by atomic mass is 127. The molecule has 0 N–H and O–H groups in total. The second-order valence-corrected chi connectivity index (χ2v) is 9.04. The molecule has 1 saturated carbocycles. The first-order valence-electron chi connectivity index (χ1n) is 8.00. The van der Waals surface area contributed by atoms with Crippen LogP contribution in [0.4, 0.5) is 4.79 Å². The van der Waals surface area contributed by atoms with Gasteiger partial charge >= 0.3 is 6.09 Å². The van der Waals surface area contributed by atoms with Crippen LogP contribution in [0.5, 0.6) is 0 Å². The quantitative estimate of drug-likeness (QED) is 0.523. The number of nitrogens with zero attached hydrogens (tertiary/aromatic N) is 1. The van der Waals surface area contributed by atoms with Gasteiger partial charge in [0.25, 0.3) is 0 Å². The van der Waals surface area contributed by atoms with Crippen LogP contribution >= 0.6 is 22.6 Å². The normalized spacial score (nSPS) is 28.3. The van der Waals surface area contributed by atoms with Gasteiger partial charge in [0.2, 0.25) is 0 Å². The largest absolute Gasteiger partial charge is 0.444 e. The Labute approximate surface area is 142 Å². The van der Waals surface area contributed by atoms with E-state index in [1.54, 1.807) is 4.90 Å². The van der Waals surface area contributed by atoms with E-state index in [2.05, 4.69) is 29.5 Å². The molecule has 21 heavy (non-hydrogen) atoms. The third-order valence-corrected chi connectivity index (χ3v) is 5.57. The Hall–Kier alpha value is -0.0400. The van der Waals surface area contributed by atoms with E-state index in [1.807, 2.05) is 20.8 Å². The minimum absolute atomic E-state index is 0.139. The summed E-state index contributed by atoms with van der Waals surface area (Å²) in [4.78, 5) is 13.9. The van der Waals surface area contributed by atoms with Crippen LogP contribution in [0.15, 0.2) is 0 Å². The van der Waals surface area contributed by atoms with Crippen LogP contribution in [0.1, 0.15) is 47.0 Å². The second kappa shape index (κ2) is 7.02. The lowest BCUT2D eigenvalue weighted by atomic mass is 9.77. The molecule has 2 fully saturated rings. The van der Waals surface area contributed by atoms with Crippen molar-refractivity contribution in [2.45, 2.75) is 62.6 Å². The van der Waals surface area contributed by atoms with Gasteiger partial charge in [0.15, 0.2) is 0 Å². The minimum Gasteiger partial charge on any atom is -0.444 e. The molecule has 2 aliphatic rings. The Kier molecular flexibility index (Phi) is 5.79. The van der Waals surface area contributed by atoms with Crippen molar-refractivity contribution in [3.8, 4) is 0 Å². The molecule has 0 spiro atoms. The Morgan fingerprint density at radius 1 is 1.33 bits per heavy atom. The van der Waals surface area contributed by atoms with Crippen molar-refractivity contribution in [2.24, 2.45) is 11.8 Å². The summed E-state index contributed by atoms with van der Waals surface area (Å²) in [5, 5.41) is 0. The number of ether oxygens (including phenoxy) is 2. The number of likely N-dealkylation sites (tertiary alicyclic amines) is 1. The standard InChI is InChI=1S/C16H28INO3/c1-11(12-6-5-7-12)10-20-14-9-18(8-13(14)17)15(19)21-16(2,3)4/h11-14H,5-10H2,1-4H3. The van der Waals surface area contributed by atoms with Gasteiger partial charge in [-0.15, -0.1) is 0 Å². The van der Waals surface area contributed by atoms with Crippen molar-refractivity contribution >= 4 is 28.7 Å². The van der Waals surface area contributed by atoms with Crippen molar-refractivity contribution in [2.75, 3.05) is 19.7 Å². The Balaban J connectivity index is 1.76. The van der Waals surface area contributed by atoms with Crippen molar-refractivity contribution in [3.05, 3.63) is 0 Å².